The summed E-state index contributed by atoms with van der Waals surface area (Å²) in [5.74, 6) is 0. The molecule has 1 aliphatic rings. The lowest BCUT2D eigenvalue weighted by Gasteiger charge is -2.26. The fraction of sp³-hybridized carbons (Fsp3) is 0.462. The Labute approximate surface area is 105 Å². The Hall–Kier alpha value is -0.970. The molecule has 1 aliphatic heterocycles. The average Bonchev–Trinajstić information content (AvgIpc) is 2.97. The van der Waals surface area contributed by atoms with Crippen molar-refractivity contribution in [2.24, 2.45) is 4.99 Å². The fourth-order valence-corrected chi connectivity index (χ4v) is 2.80. The third-order valence-electron chi connectivity index (χ3n) is 3.01. The molecule has 2 unspecified atom stereocenters. The molecule has 2 atom stereocenters. The molecule has 0 bridgehead atoms. The van der Waals surface area contributed by atoms with E-state index in [1.54, 1.807) is 17.6 Å². The van der Waals surface area contributed by atoms with Gasteiger partial charge in [-0.15, -0.1) is 11.3 Å². The van der Waals surface area contributed by atoms with Gasteiger partial charge in [-0.2, -0.15) is 0 Å². The van der Waals surface area contributed by atoms with E-state index in [0.29, 0.717) is 6.42 Å². The molecule has 0 radical (unpaired) electrons. The zero-order chi connectivity index (χ0) is 12.1. The minimum atomic E-state index is -0.696. The first-order chi connectivity index (χ1) is 8.24. The Kier molecular flexibility index (Phi) is 4.10. The summed E-state index contributed by atoms with van der Waals surface area (Å²) in [6.07, 6.45) is 7.34. The highest BCUT2D eigenvalue weighted by Crippen LogP contribution is 2.29. The van der Waals surface area contributed by atoms with Gasteiger partial charge in [0.05, 0.1) is 18.2 Å². The van der Waals surface area contributed by atoms with Crippen molar-refractivity contribution in [3.8, 4) is 0 Å². The number of nitrogens with zero attached hydrogens (tertiary/aromatic N) is 1. The largest absolute Gasteiger partial charge is 0.394 e. The maximum atomic E-state index is 9.59. The fourth-order valence-electron chi connectivity index (χ4n) is 2.09. The quantitative estimate of drug-likeness (QED) is 0.810. The molecule has 1 aromatic rings. The number of thiophene rings is 1. The van der Waals surface area contributed by atoms with Crippen LogP contribution in [0.15, 0.2) is 34.7 Å². The number of hydrogen-bond acceptors (Lipinski definition) is 4. The standard InChI is InChI=1S/C13H17NO2S/c15-10-11(16)9-13(5-2-7-14-13)6-4-12-3-1-8-17-12/h1-3,5,7-8,11,15-16H,4,6,9-10H2. The maximum Gasteiger partial charge on any atom is 0.0820 e. The van der Waals surface area contributed by atoms with Gasteiger partial charge < -0.3 is 10.2 Å². The van der Waals surface area contributed by atoms with Crippen molar-refractivity contribution in [3.05, 3.63) is 34.5 Å². The van der Waals surface area contributed by atoms with Crippen molar-refractivity contribution in [2.75, 3.05) is 6.61 Å². The predicted octanol–water partition coefficient (Wildman–Crippen LogP) is 1.80. The number of rotatable bonds is 6. The molecule has 0 aliphatic carbocycles. The molecule has 4 heteroatoms. The Morgan fingerprint density at radius 3 is 2.94 bits per heavy atom. The summed E-state index contributed by atoms with van der Waals surface area (Å²) in [4.78, 5) is 5.78. The van der Waals surface area contributed by atoms with E-state index in [-0.39, 0.29) is 12.1 Å². The van der Waals surface area contributed by atoms with Gasteiger partial charge in [-0.1, -0.05) is 12.1 Å². The SMILES string of the molecule is OCC(O)CC1(CCc2cccs2)C=CC=N1. The Morgan fingerprint density at radius 2 is 2.35 bits per heavy atom. The molecule has 3 nitrogen and oxygen atoms in total. The summed E-state index contributed by atoms with van der Waals surface area (Å²) in [6, 6.07) is 4.16. The second kappa shape index (κ2) is 5.58. The molecule has 17 heavy (non-hydrogen) atoms. The Morgan fingerprint density at radius 1 is 1.47 bits per heavy atom. The molecule has 92 valence electrons. The minimum Gasteiger partial charge on any atom is -0.394 e. The van der Waals surface area contributed by atoms with Crippen LogP contribution in [0.2, 0.25) is 0 Å². The van der Waals surface area contributed by atoms with Crippen molar-refractivity contribution < 1.29 is 10.2 Å². The van der Waals surface area contributed by atoms with Crippen molar-refractivity contribution >= 4 is 17.6 Å². The van der Waals surface area contributed by atoms with Crippen LogP contribution in [0.5, 0.6) is 0 Å². The predicted molar refractivity (Wildman–Crippen MR) is 70.7 cm³/mol. The van der Waals surface area contributed by atoms with E-state index in [0.717, 1.165) is 12.8 Å². The zero-order valence-electron chi connectivity index (χ0n) is 9.62. The molecule has 2 rings (SSSR count). The van der Waals surface area contributed by atoms with E-state index in [1.165, 1.54) is 4.88 Å². The van der Waals surface area contributed by atoms with Gasteiger partial charge in [-0.25, -0.2) is 0 Å². The van der Waals surface area contributed by atoms with Crippen LogP contribution in [-0.4, -0.2) is 34.7 Å². The van der Waals surface area contributed by atoms with Gasteiger partial charge in [0.1, 0.15) is 0 Å². The van der Waals surface area contributed by atoms with E-state index in [9.17, 15) is 5.11 Å². The molecule has 0 saturated carbocycles. The van der Waals surface area contributed by atoms with Gasteiger partial charge in [0.25, 0.3) is 0 Å². The van der Waals surface area contributed by atoms with Gasteiger partial charge >= 0.3 is 0 Å². The van der Waals surface area contributed by atoms with Crippen LogP contribution in [0.25, 0.3) is 0 Å². The first kappa shape index (κ1) is 12.5. The number of aliphatic hydroxyl groups excluding tert-OH is 2. The smallest absolute Gasteiger partial charge is 0.0820 e. The number of hydrogen-bond donors (Lipinski definition) is 2. The zero-order valence-corrected chi connectivity index (χ0v) is 10.4. The highest BCUT2D eigenvalue weighted by atomic mass is 32.1. The molecule has 2 heterocycles. The van der Waals surface area contributed by atoms with Gasteiger partial charge in [0, 0.05) is 17.5 Å². The summed E-state index contributed by atoms with van der Waals surface area (Å²) < 4.78 is 0. The number of aliphatic imine (C=N–C) groups is 1. The third kappa shape index (κ3) is 3.25. The van der Waals surface area contributed by atoms with Crippen LogP contribution in [-0.2, 0) is 6.42 Å². The second-order valence-corrected chi connectivity index (χ2v) is 5.39. The maximum absolute atomic E-state index is 9.59. The second-order valence-electron chi connectivity index (χ2n) is 4.36. The normalized spacial score (nSPS) is 24.4. The molecular formula is C13H17NO2S. The van der Waals surface area contributed by atoms with Crippen LogP contribution in [0.4, 0.5) is 0 Å². The highest BCUT2D eigenvalue weighted by Gasteiger charge is 2.30. The van der Waals surface area contributed by atoms with Crippen LogP contribution in [0.1, 0.15) is 17.7 Å². The number of allylic oxidation sites excluding steroid dienone is 1. The van der Waals surface area contributed by atoms with Crippen molar-refractivity contribution in [2.45, 2.75) is 30.9 Å². The number of aliphatic hydroxyl groups is 2. The molecule has 0 fully saturated rings. The Bertz CT molecular complexity index is 386. The van der Waals surface area contributed by atoms with E-state index in [1.807, 2.05) is 18.2 Å². The lowest BCUT2D eigenvalue weighted by molar-refractivity contribution is 0.0741. The summed E-state index contributed by atoms with van der Waals surface area (Å²) in [5, 5.41) is 20.6. The van der Waals surface area contributed by atoms with Crippen LogP contribution in [0.3, 0.4) is 0 Å². The lowest BCUT2D eigenvalue weighted by atomic mass is 9.88. The molecule has 0 amide bonds. The highest BCUT2D eigenvalue weighted by molar-refractivity contribution is 7.09. The first-order valence-corrected chi connectivity index (χ1v) is 6.66. The van der Waals surface area contributed by atoms with Gasteiger partial charge in [-0.05, 0) is 30.4 Å². The van der Waals surface area contributed by atoms with Crippen molar-refractivity contribution in [3.63, 3.8) is 0 Å². The third-order valence-corrected chi connectivity index (χ3v) is 3.94. The van der Waals surface area contributed by atoms with E-state index in [2.05, 4.69) is 16.4 Å². The minimum absolute atomic E-state index is 0.204. The van der Waals surface area contributed by atoms with Crippen LogP contribution in [0, 0.1) is 0 Å². The molecule has 0 spiro atoms. The van der Waals surface area contributed by atoms with Gasteiger partial charge in [-0.3, -0.25) is 4.99 Å². The van der Waals surface area contributed by atoms with Gasteiger partial charge in [0.15, 0.2) is 0 Å². The first-order valence-electron chi connectivity index (χ1n) is 5.78. The molecule has 2 N–H and O–H groups in total. The molecular weight excluding hydrogens is 234 g/mol. The monoisotopic (exact) mass is 251 g/mol. The molecule has 0 saturated heterocycles. The van der Waals surface area contributed by atoms with E-state index < -0.39 is 6.10 Å². The molecule has 1 aromatic heterocycles. The van der Waals surface area contributed by atoms with E-state index in [4.69, 9.17) is 5.11 Å². The molecule has 0 aromatic carbocycles. The van der Waals surface area contributed by atoms with Crippen LogP contribution >= 0.6 is 11.3 Å². The summed E-state index contributed by atoms with van der Waals surface area (Å²) in [5.41, 5.74) is -0.327. The topological polar surface area (TPSA) is 52.8 Å². The van der Waals surface area contributed by atoms with Crippen molar-refractivity contribution in [1.82, 2.24) is 0 Å². The Balaban J connectivity index is 1.97. The van der Waals surface area contributed by atoms with E-state index >= 15 is 0 Å². The number of aryl methyl sites for hydroxylation is 1. The lowest BCUT2D eigenvalue weighted by Crippen LogP contribution is -2.30. The van der Waals surface area contributed by atoms with Gasteiger partial charge in [0.2, 0.25) is 0 Å². The van der Waals surface area contributed by atoms with Crippen LogP contribution < -0.4 is 0 Å². The summed E-state index contributed by atoms with van der Waals surface area (Å²) in [7, 11) is 0. The summed E-state index contributed by atoms with van der Waals surface area (Å²) >= 11 is 1.74. The van der Waals surface area contributed by atoms with Crippen molar-refractivity contribution in [1.29, 1.82) is 0 Å². The summed E-state index contributed by atoms with van der Waals surface area (Å²) in [6.45, 7) is -0.204. The average molecular weight is 251 g/mol.